The number of carbonyl (C=O) groups is 1. The third-order valence-electron chi connectivity index (χ3n) is 4.87. The van der Waals surface area contributed by atoms with Gasteiger partial charge >= 0.3 is 6.18 Å². The normalized spacial score (nSPS) is 12.7. The van der Waals surface area contributed by atoms with Crippen LogP contribution in [-0.4, -0.2) is 21.0 Å². The molecule has 0 saturated heterocycles. The van der Waals surface area contributed by atoms with Gasteiger partial charge < -0.3 is 16.0 Å². The highest BCUT2D eigenvalue weighted by Crippen LogP contribution is 2.32. The van der Waals surface area contributed by atoms with Crippen LogP contribution in [0.1, 0.15) is 22.6 Å². The second kappa shape index (κ2) is 11.5. The molecule has 11 heteroatoms. The Hall–Kier alpha value is -2.52. The van der Waals surface area contributed by atoms with Gasteiger partial charge in [-0.05, 0) is 41.5 Å². The second-order valence-corrected chi connectivity index (χ2v) is 10.2. The zero-order valence-electron chi connectivity index (χ0n) is 17.8. The van der Waals surface area contributed by atoms with Gasteiger partial charge in [0.2, 0.25) is 9.70 Å². The second-order valence-electron chi connectivity index (χ2n) is 7.41. The summed E-state index contributed by atoms with van der Waals surface area (Å²) in [4.78, 5) is 13.4. The van der Waals surface area contributed by atoms with E-state index in [9.17, 15) is 18.0 Å². The molecule has 0 saturated carbocycles. The molecule has 0 aliphatic heterocycles. The average Bonchev–Trinajstić information content (AvgIpc) is 2.79. The molecular formula is C24H19Cl3F3N3OS. The summed E-state index contributed by atoms with van der Waals surface area (Å²) in [5.74, 6) is -1.20. The number of carbonyl (C=O) groups excluding carboxylic acids is 1. The summed E-state index contributed by atoms with van der Waals surface area (Å²) in [7, 11) is 0. The standard InChI is InChI=1S/C24H19Cl3F3N3OS/c25-23(26,27)21(33-22(35)31-18-13-7-12-17(14-18)24(28,29)30)32-20(34)19(15-8-3-1-4-9-15)16-10-5-2-6-11-16/h1-14,19,21H,(H,32,34)(H2,31,33,35). The minimum absolute atomic E-state index is 0.0677. The fraction of sp³-hybridized carbons (Fsp3) is 0.167. The third-order valence-corrected chi connectivity index (χ3v) is 5.74. The minimum atomic E-state index is -4.52. The predicted molar refractivity (Wildman–Crippen MR) is 138 cm³/mol. The van der Waals surface area contributed by atoms with E-state index in [1.807, 2.05) is 12.1 Å². The number of rotatable bonds is 6. The van der Waals surface area contributed by atoms with Crippen LogP contribution in [0.3, 0.4) is 0 Å². The van der Waals surface area contributed by atoms with E-state index in [2.05, 4.69) is 16.0 Å². The molecule has 184 valence electrons. The van der Waals surface area contributed by atoms with Crippen LogP contribution in [0.4, 0.5) is 18.9 Å². The molecule has 1 unspecified atom stereocenters. The van der Waals surface area contributed by atoms with Crippen molar-refractivity contribution >= 4 is 63.7 Å². The maximum Gasteiger partial charge on any atom is 0.416 e. The van der Waals surface area contributed by atoms with Crippen molar-refractivity contribution in [3.8, 4) is 0 Å². The number of thiocarbonyl (C=S) groups is 1. The summed E-state index contributed by atoms with van der Waals surface area (Å²) in [6.07, 6.45) is -5.83. The van der Waals surface area contributed by atoms with Crippen LogP contribution in [0.25, 0.3) is 0 Å². The molecule has 1 amide bonds. The van der Waals surface area contributed by atoms with Gasteiger partial charge in [0.15, 0.2) is 5.11 Å². The maximum absolute atomic E-state index is 13.4. The van der Waals surface area contributed by atoms with E-state index in [1.165, 1.54) is 12.1 Å². The lowest BCUT2D eigenvalue weighted by Crippen LogP contribution is -2.57. The van der Waals surface area contributed by atoms with Gasteiger partial charge in [-0.3, -0.25) is 4.79 Å². The Bertz CT molecular complexity index is 1120. The predicted octanol–water partition coefficient (Wildman–Crippen LogP) is 6.64. The molecule has 1 atom stereocenters. The van der Waals surface area contributed by atoms with E-state index in [-0.39, 0.29) is 10.8 Å². The Morgan fingerprint density at radius 1 is 0.800 bits per heavy atom. The van der Waals surface area contributed by atoms with Crippen LogP contribution in [0.15, 0.2) is 84.9 Å². The summed E-state index contributed by atoms with van der Waals surface area (Å²) in [5, 5.41) is 7.78. The molecule has 0 aromatic heterocycles. The van der Waals surface area contributed by atoms with Crippen molar-refractivity contribution in [2.45, 2.75) is 22.1 Å². The van der Waals surface area contributed by atoms with Gasteiger partial charge in [-0.15, -0.1) is 0 Å². The van der Waals surface area contributed by atoms with E-state index in [0.717, 1.165) is 12.1 Å². The Balaban J connectivity index is 1.79. The number of nitrogens with one attached hydrogen (secondary N) is 3. The van der Waals surface area contributed by atoms with Crippen LogP contribution in [0, 0.1) is 0 Å². The van der Waals surface area contributed by atoms with Crippen LogP contribution < -0.4 is 16.0 Å². The lowest BCUT2D eigenvalue weighted by Gasteiger charge is -2.29. The number of benzene rings is 3. The lowest BCUT2D eigenvalue weighted by molar-refractivity contribution is -0.137. The van der Waals surface area contributed by atoms with Crippen molar-refractivity contribution in [3.63, 3.8) is 0 Å². The Morgan fingerprint density at radius 2 is 1.34 bits per heavy atom. The summed E-state index contributed by atoms with van der Waals surface area (Å²) >= 11 is 23.5. The van der Waals surface area contributed by atoms with Gasteiger partial charge in [0.05, 0.1) is 11.5 Å². The molecule has 4 nitrogen and oxygen atoms in total. The lowest BCUT2D eigenvalue weighted by atomic mass is 9.90. The minimum Gasteiger partial charge on any atom is -0.339 e. The summed E-state index contributed by atoms with van der Waals surface area (Å²) in [6, 6.07) is 22.5. The van der Waals surface area contributed by atoms with Gasteiger partial charge in [0, 0.05) is 5.69 Å². The topological polar surface area (TPSA) is 53.2 Å². The van der Waals surface area contributed by atoms with E-state index < -0.39 is 33.5 Å². The highest BCUT2D eigenvalue weighted by atomic mass is 35.6. The number of alkyl halides is 6. The highest BCUT2D eigenvalue weighted by molar-refractivity contribution is 7.80. The molecule has 3 aromatic carbocycles. The quantitative estimate of drug-likeness (QED) is 0.180. The summed E-state index contributed by atoms with van der Waals surface area (Å²) in [6.45, 7) is 0. The Labute approximate surface area is 220 Å². The highest BCUT2D eigenvalue weighted by Gasteiger charge is 2.37. The molecule has 3 N–H and O–H groups in total. The molecule has 0 fully saturated rings. The van der Waals surface area contributed by atoms with Crippen LogP contribution >= 0.6 is 47.0 Å². The number of anilines is 1. The third kappa shape index (κ3) is 7.73. The monoisotopic (exact) mass is 559 g/mol. The Kier molecular flexibility index (Phi) is 8.88. The molecule has 0 bridgehead atoms. The first kappa shape index (κ1) is 27.1. The van der Waals surface area contributed by atoms with Gasteiger partial charge in [0.1, 0.15) is 6.17 Å². The fourth-order valence-corrected chi connectivity index (χ4v) is 3.85. The van der Waals surface area contributed by atoms with E-state index >= 15 is 0 Å². The van der Waals surface area contributed by atoms with Crippen molar-refractivity contribution in [3.05, 3.63) is 102 Å². The van der Waals surface area contributed by atoms with Crippen molar-refractivity contribution in [1.29, 1.82) is 0 Å². The van der Waals surface area contributed by atoms with Crippen molar-refractivity contribution in [1.82, 2.24) is 10.6 Å². The number of hydrogen-bond acceptors (Lipinski definition) is 2. The zero-order valence-corrected chi connectivity index (χ0v) is 20.9. The summed E-state index contributed by atoms with van der Waals surface area (Å²) < 4.78 is 36.9. The first-order valence-corrected chi connectivity index (χ1v) is 11.7. The number of amides is 1. The van der Waals surface area contributed by atoms with E-state index in [1.54, 1.807) is 48.5 Å². The molecule has 0 aliphatic carbocycles. The van der Waals surface area contributed by atoms with E-state index in [4.69, 9.17) is 47.0 Å². The van der Waals surface area contributed by atoms with Gasteiger partial charge in [-0.2, -0.15) is 13.2 Å². The molecule has 0 spiro atoms. The fourth-order valence-electron chi connectivity index (χ4n) is 3.28. The van der Waals surface area contributed by atoms with Crippen molar-refractivity contribution < 1.29 is 18.0 Å². The first-order chi connectivity index (χ1) is 16.4. The Morgan fingerprint density at radius 3 is 1.83 bits per heavy atom. The molecule has 3 aromatic rings. The number of halogens is 6. The smallest absolute Gasteiger partial charge is 0.339 e. The van der Waals surface area contributed by atoms with Crippen LogP contribution in [0.5, 0.6) is 0 Å². The molecule has 0 heterocycles. The molecule has 3 rings (SSSR count). The summed E-state index contributed by atoms with van der Waals surface area (Å²) in [5.41, 5.74) is 0.635. The first-order valence-electron chi connectivity index (χ1n) is 10.2. The molecule has 35 heavy (non-hydrogen) atoms. The van der Waals surface area contributed by atoms with Crippen molar-refractivity contribution in [2.75, 3.05) is 5.32 Å². The van der Waals surface area contributed by atoms with Gasteiger partial charge in [0.25, 0.3) is 0 Å². The van der Waals surface area contributed by atoms with Gasteiger partial charge in [-0.1, -0.05) is 102 Å². The molecule has 0 aliphatic rings. The molecule has 0 radical (unpaired) electrons. The van der Waals surface area contributed by atoms with Crippen molar-refractivity contribution in [2.24, 2.45) is 0 Å². The largest absolute Gasteiger partial charge is 0.416 e. The van der Waals surface area contributed by atoms with Crippen LogP contribution in [0.2, 0.25) is 0 Å². The van der Waals surface area contributed by atoms with Gasteiger partial charge in [-0.25, -0.2) is 0 Å². The number of hydrogen-bond donors (Lipinski definition) is 3. The maximum atomic E-state index is 13.4. The van der Waals surface area contributed by atoms with Crippen LogP contribution in [-0.2, 0) is 11.0 Å². The average molecular weight is 561 g/mol. The van der Waals surface area contributed by atoms with E-state index in [0.29, 0.717) is 11.1 Å². The SMILES string of the molecule is O=C(NC(NC(=S)Nc1cccc(C(F)(F)F)c1)C(Cl)(Cl)Cl)C(c1ccccc1)c1ccccc1. The zero-order chi connectivity index (χ0) is 25.6. The molecular weight excluding hydrogens is 542 g/mol.